The Morgan fingerprint density at radius 3 is 2.83 bits per heavy atom. The summed E-state index contributed by atoms with van der Waals surface area (Å²) in [5, 5.41) is 0. The van der Waals surface area contributed by atoms with Crippen molar-refractivity contribution in [2.75, 3.05) is 19.6 Å². The molecule has 2 aliphatic rings. The van der Waals surface area contributed by atoms with Crippen LogP contribution in [-0.2, 0) is 24.3 Å². The van der Waals surface area contributed by atoms with Crippen molar-refractivity contribution in [1.29, 1.82) is 0 Å². The maximum atomic E-state index is 13.0. The normalized spacial score (nSPS) is 21.5. The fraction of sp³-hybridized carbons (Fsp3) is 0.450. The lowest BCUT2D eigenvalue weighted by Crippen LogP contribution is -2.46. The number of carbonyl (C=O) groups excluding carboxylic acids is 1. The van der Waals surface area contributed by atoms with E-state index in [1.54, 1.807) is 6.26 Å². The molecule has 0 aliphatic carbocycles. The Morgan fingerprint density at radius 2 is 2.00 bits per heavy atom. The molecular weight excluding hydrogens is 300 g/mol. The summed E-state index contributed by atoms with van der Waals surface area (Å²) in [5.74, 6) is 1.43. The molecule has 4 rings (SSSR count). The molecule has 0 radical (unpaired) electrons. The molecule has 126 valence electrons. The van der Waals surface area contributed by atoms with Crippen LogP contribution in [0.3, 0.4) is 0 Å². The Balaban J connectivity index is 1.39. The number of fused-ring (bicyclic) bond motifs is 1. The van der Waals surface area contributed by atoms with Gasteiger partial charge in [-0.2, -0.15) is 0 Å². The lowest BCUT2D eigenvalue weighted by molar-refractivity contribution is -0.138. The van der Waals surface area contributed by atoms with Crippen LogP contribution in [0.1, 0.15) is 29.7 Å². The lowest BCUT2D eigenvalue weighted by Gasteiger charge is -2.36. The molecule has 0 N–H and O–H groups in total. The fourth-order valence-corrected chi connectivity index (χ4v) is 3.97. The highest BCUT2D eigenvalue weighted by molar-refractivity contribution is 5.79. The van der Waals surface area contributed by atoms with Gasteiger partial charge in [-0.05, 0) is 49.1 Å². The van der Waals surface area contributed by atoms with Crippen molar-refractivity contribution in [3.8, 4) is 0 Å². The number of likely N-dealkylation sites (tertiary alicyclic amines) is 1. The van der Waals surface area contributed by atoms with E-state index in [4.69, 9.17) is 4.42 Å². The molecule has 1 saturated heterocycles. The van der Waals surface area contributed by atoms with Crippen molar-refractivity contribution < 1.29 is 9.21 Å². The molecule has 0 bridgehead atoms. The Labute approximate surface area is 143 Å². The molecule has 1 atom stereocenters. The monoisotopic (exact) mass is 324 g/mol. The number of rotatable bonds is 3. The molecule has 1 aromatic heterocycles. The van der Waals surface area contributed by atoms with Gasteiger partial charge in [-0.25, -0.2) is 0 Å². The van der Waals surface area contributed by atoms with E-state index in [0.29, 0.717) is 5.91 Å². The SMILES string of the molecule is O=C([C@H]1CCCN(Cc2ccco2)C1)N1CCc2ccccc2C1. The van der Waals surface area contributed by atoms with Crippen LogP contribution in [0.2, 0.25) is 0 Å². The predicted octanol–water partition coefficient (Wildman–Crippen LogP) is 3.08. The standard InChI is InChI=1S/C20H24N2O2/c23-20(22-11-9-16-5-1-2-6-17(16)14-22)18-7-3-10-21(13-18)15-19-8-4-12-24-19/h1-2,4-6,8,12,18H,3,7,9-11,13-15H2/t18-/m0/s1. The quantitative estimate of drug-likeness (QED) is 0.870. The number of hydrogen-bond donors (Lipinski definition) is 0. The molecule has 3 heterocycles. The van der Waals surface area contributed by atoms with Crippen molar-refractivity contribution in [1.82, 2.24) is 9.80 Å². The topological polar surface area (TPSA) is 36.7 Å². The van der Waals surface area contributed by atoms with E-state index < -0.39 is 0 Å². The lowest BCUT2D eigenvalue weighted by atomic mass is 9.94. The number of hydrogen-bond acceptors (Lipinski definition) is 3. The minimum Gasteiger partial charge on any atom is -0.468 e. The first-order valence-electron chi connectivity index (χ1n) is 8.90. The van der Waals surface area contributed by atoms with Crippen molar-refractivity contribution in [3.05, 3.63) is 59.5 Å². The number of furan rings is 1. The number of piperidine rings is 1. The smallest absolute Gasteiger partial charge is 0.227 e. The van der Waals surface area contributed by atoms with E-state index in [-0.39, 0.29) is 5.92 Å². The Morgan fingerprint density at radius 1 is 1.12 bits per heavy atom. The summed E-state index contributed by atoms with van der Waals surface area (Å²) in [7, 11) is 0. The highest BCUT2D eigenvalue weighted by Crippen LogP contribution is 2.24. The van der Waals surface area contributed by atoms with Crippen LogP contribution in [0, 0.1) is 5.92 Å². The number of carbonyl (C=O) groups is 1. The number of amides is 1. The van der Waals surface area contributed by atoms with Gasteiger partial charge in [0, 0.05) is 19.6 Å². The second kappa shape index (κ2) is 6.81. The first kappa shape index (κ1) is 15.5. The van der Waals surface area contributed by atoms with E-state index in [9.17, 15) is 4.79 Å². The molecule has 2 aliphatic heterocycles. The van der Waals surface area contributed by atoms with E-state index >= 15 is 0 Å². The molecule has 2 aromatic rings. The van der Waals surface area contributed by atoms with Crippen molar-refractivity contribution >= 4 is 5.91 Å². The maximum Gasteiger partial charge on any atom is 0.227 e. The second-order valence-electron chi connectivity index (χ2n) is 6.93. The van der Waals surface area contributed by atoms with E-state index in [1.807, 2.05) is 12.1 Å². The van der Waals surface area contributed by atoms with Crippen LogP contribution in [0.5, 0.6) is 0 Å². The third-order valence-electron chi connectivity index (χ3n) is 5.26. The molecular formula is C20H24N2O2. The third-order valence-corrected chi connectivity index (χ3v) is 5.26. The van der Waals surface area contributed by atoms with Crippen LogP contribution in [-0.4, -0.2) is 35.3 Å². The Hall–Kier alpha value is -2.07. The fourth-order valence-electron chi connectivity index (χ4n) is 3.97. The molecule has 0 saturated carbocycles. The average molecular weight is 324 g/mol. The molecule has 4 heteroatoms. The highest BCUT2D eigenvalue weighted by atomic mass is 16.3. The molecule has 4 nitrogen and oxygen atoms in total. The summed E-state index contributed by atoms with van der Waals surface area (Å²) in [6, 6.07) is 12.4. The average Bonchev–Trinajstić information content (AvgIpc) is 3.14. The van der Waals surface area contributed by atoms with Crippen molar-refractivity contribution in [3.63, 3.8) is 0 Å². The van der Waals surface area contributed by atoms with Crippen LogP contribution < -0.4 is 0 Å². The van der Waals surface area contributed by atoms with Gasteiger partial charge in [-0.3, -0.25) is 9.69 Å². The number of nitrogens with zero attached hydrogens (tertiary/aromatic N) is 2. The molecule has 0 spiro atoms. The summed E-state index contributed by atoms with van der Waals surface area (Å²) in [6.07, 6.45) is 4.78. The Bertz CT molecular complexity index is 695. The van der Waals surface area contributed by atoms with Gasteiger partial charge < -0.3 is 9.32 Å². The van der Waals surface area contributed by atoms with E-state index in [1.165, 1.54) is 11.1 Å². The van der Waals surface area contributed by atoms with Crippen LogP contribution >= 0.6 is 0 Å². The van der Waals surface area contributed by atoms with Crippen molar-refractivity contribution in [2.24, 2.45) is 5.92 Å². The maximum absolute atomic E-state index is 13.0. The van der Waals surface area contributed by atoms with Gasteiger partial charge in [-0.15, -0.1) is 0 Å². The minimum atomic E-state index is 0.124. The van der Waals surface area contributed by atoms with E-state index in [2.05, 4.69) is 34.1 Å². The van der Waals surface area contributed by atoms with Crippen LogP contribution in [0.15, 0.2) is 47.1 Å². The zero-order chi connectivity index (χ0) is 16.4. The predicted molar refractivity (Wildman–Crippen MR) is 92.3 cm³/mol. The third kappa shape index (κ3) is 3.24. The van der Waals surface area contributed by atoms with Gasteiger partial charge in [0.05, 0.1) is 18.7 Å². The van der Waals surface area contributed by atoms with Crippen LogP contribution in [0.25, 0.3) is 0 Å². The molecule has 24 heavy (non-hydrogen) atoms. The Kier molecular flexibility index (Phi) is 4.39. The molecule has 1 fully saturated rings. The molecule has 0 unspecified atom stereocenters. The van der Waals surface area contributed by atoms with Gasteiger partial charge in [0.15, 0.2) is 0 Å². The van der Waals surface area contributed by atoms with E-state index in [0.717, 1.165) is 57.7 Å². The van der Waals surface area contributed by atoms with Gasteiger partial charge in [-0.1, -0.05) is 24.3 Å². The van der Waals surface area contributed by atoms with Gasteiger partial charge in [0.25, 0.3) is 0 Å². The van der Waals surface area contributed by atoms with Crippen LogP contribution in [0.4, 0.5) is 0 Å². The van der Waals surface area contributed by atoms with Gasteiger partial charge in [0.2, 0.25) is 5.91 Å². The zero-order valence-corrected chi connectivity index (χ0v) is 14.0. The minimum absolute atomic E-state index is 0.124. The summed E-state index contributed by atoms with van der Waals surface area (Å²) in [6.45, 7) is 4.32. The first-order chi connectivity index (χ1) is 11.8. The molecule has 1 aromatic carbocycles. The highest BCUT2D eigenvalue weighted by Gasteiger charge is 2.31. The van der Waals surface area contributed by atoms with Gasteiger partial charge >= 0.3 is 0 Å². The second-order valence-corrected chi connectivity index (χ2v) is 6.93. The number of benzene rings is 1. The van der Waals surface area contributed by atoms with Gasteiger partial charge in [0.1, 0.15) is 5.76 Å². The summed E-state index contributed by atoms with van der Waals surface area (Å²) < 4.78 is 5.45. The largest absolute Gasteiger partial charge is 0.468 e. The molecule has 1 amide bonds. The summed E-state index contributed by atoms with van der Waals surface area (Å²) in [4.78, 5) is 17.4. The zero-order valence-electron chi connectivity index (χ0n) is 14.0. The summed E-state index contributed by atoms with van der Waals surface area (Å²) in [5.41, 5.74) is 2.70. The summed E-state index contributed by atoms with van der Waals surface area (Å²) >= 11 is 0. The van der Waals surface area contributed by atoms with Crippen molar-refractivity contribution in [2.45, 2.75) is 32.4 Å². The first-order valence-corrected chi connectivity index (χ1v) is 8.90.